The lowest BCUT2D eigenvalue weighted by molar-refractivity contribution is 0.374. The number of hydrogen-bond donors (Lipinski definition) is 5. The number of fused-ring (bicyclic) bond motifs is 2. The van der Waals surface area contributed by atoms with Crippen LogP contribution in [0.25, 0.3) is 28.0 Å². The van der Waals surface area contributed by atoms with E-state index in [4.69, 9.17) is 22.9 Å². The normalized spacial score (nSPS) is 13.2. The molecule has 0 aliphatic carbocycles. The van der Waals surface area contributed by atoms with E-state index in [1.165, 1.54) is 0 Å². The van der Waals surface area contributed by atoms with Gasteiger partial charge in [0, 0.05) is 67.9 Å². The second kappa shape index (κ2) is 11.6. The van der Waals surface area contributed by atoms with Gasteiger partial charge in [0.2, 0.25) is 0 Å². The van der Waals surface area contributed by atoms with Crippen LogP contribution >= 0.6 is 15.9 Å². The van der Waals surface area contributed by atoms with E-state index in [0.717, 1.165) is 63.2 Å². The summed E-state index contributed by atoms with van der Waals surface area (Å²) >= 11 is 3.45. The standard InChI is InChI=1S/C13H19N7.C12H14BrN7/c1-19-8-9(6-16-19)11-7-17-20-12(15)5-10(3-2-4-14)18-13(11)20;1-19-6-7(4-16-19)8-5-17-20-11(15)10(13)9(2-3-14)18-12(8)20/h5,7-8,16H,2-4,6,14-15H2,1H3;4-6H,2-3,14-15H2,1H3. The third-order valence-electron chi connectivity index (χ3n) is 6.49. The molecule has 1 aliphatic rings. The SMILES string of the molecule is CN1C=C(c2cnn3c(N)cc(CCCN)nc23)CN1.Cn1cc(-c2cnn3c(N)c(Br)c(CCN)nc23)cn1. The first-order valence-corrected chi connectivity index (χ1v) is 13.6. The molecule has 5 aromatic heterocycles. The Labute approximate surface area is 239 Å². The smallest absolute Gasteiger partial charge is 0.165 e. The Kier molecular flexibility index (Phi) is 7.97. The van der Waals surface area contributed by atoms with Crippen LogP contribution in [0.2, 0.25) is 0 Å². The van der Waals surface area contributed by atoms with E-state index in [-0.39, 0.29) is 0 Å². The van der Waals surface area contributed by atoms with Crippen molar-refractivity contribution in [3.05, 3.63) is 58.5 Å². The van der Waals surface area contributed by atoms with Gasteiger partial charge in [-0.3, -0.25) is 4.68 Å². The number of hydrazine groups is 1. The molecule has 6 heterocycles. The van der Waals surface area contributed by atoms with Crippen molar-refractivity contribution in [2.75, 3.05) is 38.1 Å². The monoisotopic (exact) mass is 608 g/mol. The highest BCUT2D eigenvalue weighted by Gasteiger charge is 2.18. The van der Waals surface area contributed by atoms with Crippen LogP contribution in [0.1, 0.15) is 23.4 Å². The summed E-state index contributed by atoms with van der Waals surface area (Å²) in [6, 6.07) is 1.87. The van der Waals surface area contributed by atoms with Crippen LogP contribution < -0.4 is 28.4 Å². The van der Waals surface area contributed by atoms with Crippen molar-refractivity contribution < 1.29 is 0 Å². The van der Waals surface area contributed by atoms with Gasteiger partial charge in [-0.05, 0) is 47.4 Å². The third-order valence-corrected chi connectivity index (χ3v) is 7.36. The van der Waals surface area contributed by atoms with Gasteiger partial charge in [0.25, 0.3) is 0 Å². The fourth-order valence-corrected chi connectivity index (χ4v) is 4.94. The molecule has 0 atom stereocenters. The highest BCUT2D eigenvalue weighted by molar-refractivity contribution is 9.10. The van der Waals surface area contributed by atoms with Crippen molar-refractivity contribution in [1.82, 2.24) is 49.4 Å². The molecule has 0 amide bonds. The van der Waals surface area contributed by atoms with Crippen molar-refractivity contribution >= 4 is 44.4 Å². The molecule has 6 rings (SSSR count). The first kappa shape index (κ1) is 27.5. The van der Waals surface area contributed by atoms with Gasteiger partial charge in [0.05, 0.1) is 28.8 Å². The Morgan fingerprint density at radius 3 is 2.35 bits per heavy atom. The number of nitrogens with two attached hydrogens (primary N) is 4. The quantitative estimate of drug-likeness (QED) is 0.176. The molecule has 0 bridgehead atoms. The maximum atomic E-state index is 6.10. The van der Waals surface area contributed by atoms with Crippen LogP contribution in [0.4, 0.5) is 11.6 Å². The van der Waals surface area contributed by atoms with Gasteiger partial charge in [0.1, 0.15) is 11.6 Å². The molecule has 0 unspecified atom stereocenters. The van der Waals surface area contributed by atoms with Crippen LogP contribution in [-0.4, -0.2) is 70.7 Å². The number of nitrogens with one attached hydrogen (secondary N) is 1. The van der Waals surface area contributed by atoms with Crippen LogP contribution in [0, 0.1) is 0 Å². The van der Waals surface area contributed by atoms with Gasteiger partial charge in [-0.2, -0.15) is 24.3 Å². The Bertz CT molecular complexity index is 1680. The molecule has 0 fully saturated rings. The molecule has 15 heteroatoms. The van der Waals surface area contributed by atoms with Gasteiger partial charge in [-0.15, -0.1) is 0 Å². The Morgan fingerprint density at radius 1 is 0.925 bits per heavy atom. The molecule has 5 aromatic rings. The second-order valence-corrected chi connectivity index (χ2v) is 10.2. The van der Waals surface area contributed by atoms with E-state index in [1.807, 2.05) is 43.8 Å². The molecule has 0 saturated carbocycles. The topological polar surface area (TPSA) is 198 Å². The Morgan fingerprint density at radius 2 is 1.68 bits per heavy atom. The van der Waals surface area contributed by atoms with Crippen molar-refractivity contribution in [3.8, 4) is 11.1 Å². The summed E-state index contributed by atoms with van der Waals surface area (Å²) in [5, 5.41) is 14.7. The molecule has 0 spiro atoms. The van der Waals surface area contributed by atoms with Gasteiger partial charge >= 0.3 is 0 Å². The van der Waals surface area contributed by atoms with Crippen LogP contribution in [0.5, 0.6) is 0 Å². The summed E-state index contributed by atoms with van der Waals surface area (Å²) in [4.78, 5) is 9.31. The summed E-state index contributed by atoms with van der Waals surface area (Å²) in [5.74, 6) is 1.13. The van der Waals surface area contributed by atoms with E-state index in [0.29, 0.717) is 36.8 Å². The van der Waals surface area contributed by atoms with Gasteiger partial charge in [-0.1, -0.05) is 0 Å². The molecule has 0 aromatic carbocycles. The first-order valence-electron chi connectivity index (χ1n) is 12.8. The number of halogens is 1. The number of nitrogens with zero attached hydrogens (tertiary/aromatic N) is 9. The van der Waals surface area contributed by atoms with E-state index in [9.17, 15) is 0 Å². The molecule has 1 aliphatic heterocycles. The minimum Gasteiger partial charge on any atom is -0.384 e. The summed E-state index contributed by atoms with van der Waals surface area (Å²) in [6.07, 6.45) is 11.7. The predicted octanol–water partition coefficient (Wildman–Crippen LogP) is 0.969. The lowest BCUT2D eigenvalue weighted by Gasteiger charge is -2.08. The predicted molar refractivity (Wildman–Crippen MR) is 159 cm³/mol. The Balaban J connectivity index is 0.000000161. The molecule has 0 radical (unpaired) electrons. The molecule has 9 N–H and O–H groups in total. The molecule has 0 saturated heterocycles. The largest absolute Gasteiger partial charge is 0.384 e. The first-order chi connectivity index (χ1) is 19.3. The molecule has 210 valence electrons. The van der Waals surface area contributed by atoms with Gasteiger partial charge in [0.15, 0.2) is 11.3 Å². The fraction of sp³-hybridized carbons (Fsp3) is 0.320. The molecular formula is C25H33BrN14. The average molecular weight is 610 g/mol. The molecule has 40 heavy (non-hydrogen) atoms. The number of nitrogen functional groups attached to an aromatic ring is 2. The van der Waals surface area contributed by atoms with Gasteiger partial charge in [-0.25, -0.2) is 15.4 Å². The zero-order valence-corrected chi connectivity index (χ0v) is 24.0. The minimum atomic E-state index is 0.511. The summed E-state index contributed by atoms with van der Waals surface area (Å²) in [6.45, 7) is 1.93. The molecule has 14 nitrogen and oxygen atoms in total. The number of anilines is 2. The summed E-state index contributed by atoms with van der Waals surface area (Å²) in [7, 11) is 3.83. The number of rotatable bonds is 7. The van der Waals surface area contributed by atoms with Crippen LogP contribution in [0.3, 0.4) is 0 Å². The van der Waals surface area contributed by atoms with Gasteiger partial charge < -0.3 is 27.9 Å². The average Bonchev–Trinajstić information content (AvgIpc) is 3.73. The van der Waals surface area contributed by atoms with Crippen molar-refractivity contribution in [3.63, 3.8) is 0 Å². The van der Waals surface area contributed by atoms with E-state index < -0.39 is 0 Å². The van der Waals surface area contributed by atoms with Crippen molar-refractivity contribution in [2.45, 2.75) is 19.3 Å². The van der Waals surface area contributed by atoms with E-state index in [2.05, 4.69) is 46.6 Å². The second-order valence-electron chi connectivity index (χ2n) is 9.45. The van der Waals surface area contributed by atoms with Crippen molar-refractivity contribution in [1.29, 1.82) is 0 Å². The lowest BCUT2D eigenvalue weighted by Crippen LogP contribution is -2.23. The highest BCUT2D eigenvalue weighted by Crippen LogP contribution is 2.29. The zero-order valence-electron chi connectivity index (χ0n) is 22.4. The fourth-order valence-electron chi connectivity index (χ4n) is 4.49. The number of hydrogen-bond acceptors (Lipinski definition) is 11. The van der Waals surface area contributed by atoms with E-state index in [1.54, 1.807) is 26.1 Å². The van der Waals surface area contributed by atoms with Crippen LogP contribution in [-0.2, 0) is 19.9 Å². The third kappa shape index (κ3) is 5.36. The zero-order chi connectivity index (χ0) is 28.4. The summed E-state index contributed by atoms with van der Waals surface area (Å²) in [5.41, 5.74) is 33.9. The maximum absolute atomic E-state index is 6.10. The van der Waals surface area contributed by atoms with Crippen molar-refractivity contribution in [2.24, 2.45) is 18.5 Å². The molecular weight excluding hydrogens is 576 g/mol. The number of aromatic nitrogens is 8. The van der Waals surface area contributed by atoms with Crippen LogP contribution in [0.15, 0.2) is 41.5 Å². The lowest BCUT2D eigenvalue weighted by atomic mass is 10.1. The van der Waals surface area contributed by atoms with E-state index >= 15 is 0 Å². The minimum absolute atomic E-state index is 0.511. The Hall–Kier alpha value is -4.05. The maximum Gasteiger partial charge on any atom is 0.165 e. The number of aryl methyl sites for hydroxylation is 2. The highest BCUT2D eigenvalue weighted by atomic mass is 79.9. The summed E-state index contributed by atoms with van der Waals surface area (Å²) < 4.78 is 5.78.